The molecule has 5 nitrogen and oxygen atoms in total. The highest BCUT2D eigenvalue weighted by molar-refractivity contribution is 5.92. The molecule has 0 bridgehead atoms. The Kier molecular flexibility index (Phi) is 5.24. The summed E-state index contributed by atoms with van der Waals surface area (Å²) in [4.78, 5) is 11.7. The van der Waals surface area contributed by atoms with Crippen LogP contribution in [0.25, 0.3) is 0 Å². The van der Waals surface area contributed by atoms with E-state index >= 15 is 0 Å². The summed E-state index contributed by atoms with van der Waals surface area (Å²) in [5, 5.41) is 10.5. The van der Waals surface area contributed by atoms with Gasteiger partial charge in [-0.2, -0.15) is 0 Å². The van der Waals surface area contributed by atoms with Crippen LogP contribution in [0.1, 0.15) is 10.5 Å². The first-order valence-corrected chi connectivity index (χ1v) is 5.41. The number of nitrogens with one attached hydrogen (secondary N) is 1. The Labute approximate surface area is 103 Å². The minimum absolute atomic E-state index is 0.279. The Hall–Kier alpha value is -1.47. The maximum atomic E-state index is 12.8. The molecular weight excluding hydrogens is 246 g/mol. The first-order valence-electron chi connectivity index (χ1n) is 5.41. The monoisotopic (exact) mass is 262 g/mol. The summed E-state index contributed by atoms with van der Waals surface area (Å²) >= 11 is 0. The van der Waals surface area contributed by atoms with Gasteiger partial charge in [0.2, 0.25) is 0 Å². The predicted molar refractivity (Wildman–Crippen MR) is 60.7 cm³/mol. The SMILES string of the molecule is COCCn1cccc1C(=O)NCC(F)(F)CO. The highest BCUT2D eigenvalue weighted by Gasteiger charge is 2.28. The van der Waals surface area contributed by atoms with Crippen molar-refractivity contribution >= 4 is 5.91 Å². The van der Waals surface area contributed by atoms with E-state index in [4.69, 9.17) is 9.84 Å². The van der Waals surface area contributed by atoms with Gasteiger partial charge >= 0.3 is 0 Å². The standard InChI is InChI=1S/C11H16F2N2O3/c1-18-6-5-15-4-2-3-9(15)10(17)14-7-11(12,13)8-16/h2-4,16H,5-8H2,1H3,(H,14,17). The molecule has 1 aromatic heterocycles. The fourth-order valence-electron chi connectivity index (χ4n) is 1.36. The third kappa shape index (κ3) is 4.08. The van der Waals surface area contributed by atoms with Gasteiger partial charge in [-0.15, -0.1) is 0 Å². The van der Waals surface area contributed by atoms with Gasteiger partial charge in [-0.3, -0.25) is 4.79 Å². The van der Waals surface area contributed by atoms with Crippen LogP contribution in [-0.4, -0.2) is 48.4 Å². The van der Waals surface area contributed by atoms with Crippen LogP contribution in [0.2, 0.25) is 0 Å². The van der Waals surface area contributed by atoms with Gasteiger partial charge in [0.1, 0.15) is 12.3 Å². The number of hydrogen-bond donors (Lipinski definition) is 2. The summed E-state index contributed by atoms with van der Waals surface area (Å²) in [6.45, 7) is -1.31. The molecule has 0 unspecified atom stereocenters. The average molecular weight is 262 g/mol. The first-order chi connectivity index (χ1) is 8.50. The van der Waals surface area contributed by atoms with Crippen molar-refractivity contribution in [2.24, 2.45) is 0 Å². The summed E-state index contributed by atoms with van der Waals surface area (Å²) in [6, 6.07) is 3.18. The second-order valence-corrected chi connectivity index (χ2v) is 3.78. The van der Waals surface area contributed by atoms with E-state index in [1.54, 1.807) is 16.8 Å². The van der Waals surface area contributed by atoms with Crippen molar-refractivity contribution in [3.05, 3.63) is 24.0 Å². The lowest BCUT2D eigenvalue weighted by Crippen LogP contribution is -2.39. The number of aromatic nitrogens is 1. The van der Waals surface area contributed by atoms with E-state index in [2.05, 4.69) is 5.32 Å². The first kappa shape index (κ1) is 14.6. The van der Waals surface area contributed by atoms with Crippen molar-refractivity contribution in [3.8, 4) is 0 Å². The van der Waals surface area contributed by atoms with E-state index < -0.39 is 25.0 Å². The molecule has 1 amide bonds. The molecule has 0 spiro atoms. The molecule has 0 atom stereocenters. The number of aliphatic hydroxyl groups is 1. The smallest absolute Gasteiger partial charge is 0.287 e. The van der Waals surface area contributed by atoms with Crippen molar-refractivity contribution < 1.29 is 23.4 Å². The van der Waals surface area contributed by atoms with E-state index in [1.165, 1.54) is 13.2 Å². The number of alkyl halides is 2. The molecule has 18 heavy (non-hydrogen) atoms. The minimum atomic E-state index is -3.31. The Morgan fingerprint density at radius 3 is 2.94 bits per heavy atom. The molecule has 2 N–H and O–H groups in total. The van der Waals surface area contributed by atoms with Crippen LogP contribution in [0.3, 0.4) is 0 Å². The number of aliphatic hydroxyl groups excluding tert-OH is 1. The van der Waals surface area contributed by atoms with E-state index in [9.17, 15) is 13.6 Å². The van der Waals surface area contributed by atoms with Gasteiger partial charge in [0.15, 0.2) is 0 Å². The van der Waals surface area contributed by atoms with Gasteiger partial charge < -0.3 is 19.7 Å². The van der Waals surface area contributed by atoms with Crippen LogP contribution in [0, 0.1) is 0 Å². The molecule has 1 heterocycles. The molecule has 0 aliphatic carbocycles. The van der Waals surface area contributed by atoms with Crippen LogP contribution in [-0.2, 0) is 11.3 Å². The number of carbonyl (C=O) groups excluding carboxylic acids is 1. The van der Waals surface area contributed by atoms with Crippen molar-refractivity contribution in [2.45, 2.75) is 12.5 Å². The Morgan fingerprint density at radius 2 is 2.33 bits per heavy atom. The van der Waals surface area contributed by atoms with Gasteiger partial charge in [0.05, 0.1) is 13.2 Å². The molecule has 0 aromatic carbocycles. The number of methoxy groups -OCH3 is 1. The van der Waals surface area contributed by atoms with Gasteiger partial charge in [-0.25, -0.2) is 8.78 Å². The molecule has 0 saturated carbocycles. The second kappa shape index (κ2) is 6.46. The van der Waals surface area contributed by atoms with Crippen LogP contribution in [0.15, 0.2) is 18.3 Å². The summed E-state index contributed by atoms with van der Waals surface area (Å²) in [5.74, 6) is -3.91. The van der Waals surface area contributed by atoms with E-state index in [1.807, 2.05) is 0 Å². The minimum Gasteiger partial charge on any atom is -0.390 e. The molecule has 1 aromatic rings. The number of ether oxygens (including phenoxy) is 1. The lowest BCUT2D eigenvalue weighted by molar-refractivity contribution is -0.0462. The molecule has 7 heteroatoms. The largest absolute Gasteiger partial charge is 0.390 e. The quantitative estimate of drug-likeness (QED) is 0.751. The van der Waals surface area contributed by atoms with Crippen LogP contribution in [0.5, 0.6) is 0 Å². The molecule has 0 aliphatic heterocycles. The summed E-state index contributed by atoms with van der Waals surface area (Å²) < 4.78 is 32.0. The van der Waals surface area contributed by atoms with Crippen molar-refractivity contribution in [3.63, 3.8) is 0 Å². The average Bonchev–Trinajstić information content (AvgIpc) is 2.82. The molecule has 0 radical (unpaired) electrons. The molecule has 1 rings (SSSR count). The maximum absolute atomic E-state index is 12.8. The summed E-state index contributed by atoms with van der Waals surface area (Å²) in [6.07, 6.45) is 1.66. The second-order valence-electron chi connectivity index (χ2n) is 3.78. The Morgan fingerprint density at radius 1 is 1.61 bits per heavy atom. The van der Waals surface area contributed by atoms with Crippen molar-refractivity contribution in [1.82, 2.24) is 9.88 Å². The lowest BCUT2D eigenvalue weighted by atomic mass is 10.3. The lowest BCUT2D eigenvalue weighted by Gasteiger charge is -2.14. The van der Waals surface area contributed by atoms with Crippen LogP contribution < -0.4 is 5.32 Å². The molecule has 0 saturated heterocycles. The third-order valence-corrected chi connectivity index (χ3v) is 2.34. The Balaban J connectivity index is 2.59. The maximum Gasteiger partial charge on any atom is 0.287 e. The molecule has 0 aliphatic rings. The molecular formula is C11H16F2N2O3. The topological polar surface area (TPSA) is 63.5 Å². The number of nitrogens with zero attached hydrogens (tertiary/aromatic N) is 1. The zero-order chi connectivity index (χ0) is 13.6. The number of carbonyl (C=O) groups is 1. The van der Waals surface area contributed by atoms with Gasteiger partial charge in [-0.1, -0.05) is 0 Å². The van der Waals surface area contributed by atoms with Crippen molar-refractivity contribution in [2.75, 3.05) is 26.9 Å². The molecule has 0 fully saturated rings. The number of amides is 1. The van der Waals surface area contributed by atoms with Crippen molar-refractivity contribution in [1.29, 1.82) is 0 Å². The van der Waals surface area contributed by atoms with E-state index in [-0.39, 0.29) is 5.69 Å². The van der Waals surface area contributed by atoms with Crippen LogP contribution in [0.4, 0.5) is 8.78 Å². The molecule has 102 valence electrons. The highest BCUT2D eigenvalue weighted by Crippen LogP contribution is 2.10. The normalized spacial score (nSPS) is 11.6. The third-order valence-electron chi connectivity index (χ3n) is 2.34. The number of hydrogen-bond acceptors (Lipinski definition) is 3. The predicted octanol–water partition coefficient (Wildman–Crippen LogP) is 0.492. The Bertz CT molecular complexity index is 393. The van der Waals surface area contributed by atoms with E-state index in [0.717, 1.165) is 0 Å². The fraction of sp³-hybridized carbons (Fsp3) is 0.545. The fourth-order valence-corrected chi connectivity index (χ4v) is 1.36. The summed E-state index contributed by atoms with van der Waals surface area (Å²) in [7, 11) is 1.53. The van der Waals surface area contributed by atoms with E-state index in [0.29, 0.717) is 13.2 Å². The zero-order valence-electron chi connectivity index (χ0n) is 10.0. The zero-order valence-corrected chi connectivity index (χ0v) is 10.0. The summed E-state index contributed by atoms with van der Waals surface area (Å²) in [5.41, 5.74) is 0.279. The highest BCUT2D eigenvalue weighted by atomic mass is 19.3. The number of halogens is 2. The van der Waals surface area contributed by atoms with Gasteiger partial charge in [0, 0.05) is 19.9 Å². The number of rotatable bonds is 7. The van der Waals surface area contributed by atoms with Gasteiger partial charge in [0.25, 0.3) is 11.8 Å². The van der Waals surface area contributed by atoms with Gasteiger partial charge in [-0.05, 0) is 12.1 Å². The van der Waals surface area contributed by atoms with Crippen LogP contribution >= 0.6 is 0 Å².